The number of allylic oxidation sites excluding steroid dienone is 3. The molecule has 1 saturated heterocycles. The number of methoxy groups -OCH3 is 2. The van der Waals surface area contributed by atoms with Gasteiger partial charge in [-0.15, -0.1) is 0 Å². The first-order chi connectivity index (χ1) is 14.5. The standard InChI is InChI=1S/C24H30N2O4/c1-16-6-5-12-25-22(16)23(27)30-18-9-10-24(11-13-26(2)21(24)15-18)17-7-8-19(28-3)20(14-17)29-4/h5-6,9,12,14,21H,7-8,10-11,13,15H2,1-4H3/t21-,24-/m0/s1. The molecule has 1 aromatic heterocycles. The highest BCUT2D eigenvalue weighted by atomic mass is 16.5. The molecule has 0 amide bonds. The van der Waals surface area contributed by atoms with Crippen molar-refractivity contribution in [2.24, 2.45) is 5.41 Å². The number of ether oxygens (including phenoxy) is 3. The number of fused-ring (bicyclic) bond motifs is 1. The van der Waals surface area contributed by atoms with Crippen LogP contribution in [0.3, 0.4) is 0 Å². The highest BCUT2D eigenvalue weighted by Gasteiger charge is 2.50. The van der Waals surface area contributed by atoms with Gasteiger partial charge in [-0.3, -0.25) is 0 Å². The van der Waals surface area contributed by atoms with Crippen LogP contribution in [0.5, 0.6) is 0 Å². The smallest absolute Gasteiger partial charge is 0.362 e. The minimum Gasteiger partial charge on any atom is -0.497 e. The van der Waals surface area contributed by atoms with Gasteiger partial charge in [-0.05, 0) is 63.6 Å². The first kappa shape index (κ1) is 20.7. The summed E-state index contributed by atoms with van der Waals surface area (Å²) >= 11 is 0. The van der Waals surface area contributed by atoms with Crippen molar-refractivity contribution in [3.05, 3.63) is 64.6 Å². The maximum Gasteiger partial charge on any atom is 0.362 e. The van der Waals surface area contributed by atoms with Crippen molar-refractivity contribution in [3.63, 3.8) is 0 Å². The topological polar surface area (TPSA) is 60.9 Å². The molecule has 30 heavy (non-hydrogen) atoms. The van der Waals surface area contributed by atoms with E-state index in [2.05, 4.69) is 29.1 Å². The Kier molecular flexibility index (Phi) is 5.69. The third-order valence-electron chi connectivity index (χ3n) is 6.90. The summed E-state index contributed by atoms with van der Waals surface area (Å²) in [4.78, 5) is 19.2. The molecule has 2 aliphatic carbocycles. The van der Waals surface area contributed by atoms with Crippen LogP contribution < -0.4 is 0 Å². The molecule has 1 aliphatic heterocycles. The lowest BCUT2D eigenvalue weighted by Crippen LogP contribution is -2.42. The van der Waals surface area contributed by atoms with E-state index in [1.54, 1.807) is 20.4 Å². The van der Waals surface area contributed by atoms with Crippen LogP contribution in [0.1, 0.15) is 48.2 Å². The molecule has 0 bridgehead atoms. The summed E-state index contributed by atoms with van der Waals surface area (Å²) < 4.78 is 16.9. The second-order valence-electron chi connectivity index (χ2n) is 8.40. The summed E-state index contributed by atoms with van der Waals surface area (Å²) in [5.41, 5.74) is 2.67. The van der Waals surface area contributed by atoms with Crippen LogP contribution >= 0.6 is 0 Å². The largest absolute Gasteiger partial charge is 0.497 e. The second-order valence-corrected chi connectivity index (χ2v) is 8.40. The Labute approximate surface area is 178 Å². The Morgan fingerprint density at radius 1 is 1.27 bits per heavy atom. The molecule has 1 fully saturated rings. The molecule has 4 rings (SSSR count). The third kappa shape index (κ3) is 3.54. The van der Waals surface area contributed by atoms with E-state index in [0.29, 0.717) is 18.2 Å². The highest BCUT2D eigenvalue weighted by Crippen LogP contribution is 2.53. The fourth-order valence-electron chi connectivity index (χ4n) is 5.19. The van der Waals surface area contributed by atoms with Crippen LogP contribution in [0.2, 0.25) is 0 Å². The van der Waals surface area contributed by atoms with E-state index in [1.807, 2.05) is 19.1 Å². The summed E-state index contributed by atoms with van der Waals surface area (Å²) in [7, 11) is 5.56. The Morgan fingerprint density at radius 2 is 2.10 bits per heavy atom. The molecule has 6 heteroatoms. The van der Waals surface area contributed by atoms with E-state index in [0.717, 1.165) is 55.1 Å². The summed E-state index contributed by atoms with van der Waals surface area (Å²) in [5.74, 6) is 2.11. The number of aryl methyl sites for hydroxylation is 1. The molecule has 2 heterocycles. The number of nitrogens with zero attached hydrogens (tertiary/aromatic N) is 2. The molecule has 0 saturated carbocycles. The SMILES string of the molecule is COC1=C(OC)CCC([C@@]23CC=C(OC(=O)c4ncccc4C)C[C@@H]2N(C)CC3)=C1. The van der Waals surface area contributed by atoms with Gasteiger partial charge in [0.2, 0.25) is 0 Å². The highest BCUT2D eigenvalue weighted by molar-refractivity contribution is 5.89. The summed E-state index contributed by atoms with van der Waals surface area (Å²) in [6, 6.07) is 3.99. The van der Waals surface area contributed by atoms with Gasteiger partial charge in [-0.1, -0.05) is 11.6 Å². The van der Waals surface area contributed by atoms with Crippen molar-refractivity contribution in [2.45, 2.75) is 45.1 Å². The van der Waals surface area contributed by atoms with Crippen molar-refractivity contribution in [2.75, 3.05) is 27.8 Å². The zero-order valence-corrected chi connectivity index (χ0v) is 18.2. The maximum atomic E-state index is 12.7. The predicted octanol–water partition coefficient (Wildman–Crippen LogP) is 4.14. The number of carbonyl (C=O) groups excluding carboxylic acids is 1. The lowest BCUT2D eigenvalue weighted by Gasteiger charge is -2.43. The van der Waals surface area contributed by atoms with E-state index < -0.39 is 0 Å². The van der Waals surface area contributed by atoms with E-state index in [4.69, 9.17) is 14.2 Å². The van der Waals surface area contributed by atoms with Gasteiger partial charge in [0.25, 0.3) is 0 Å². The third-order valence-corrected chi connectivity index (χ3v) is 6.90. The number of hydrogen-bond donors (Lipinski definition) is 0. The van der Waals surface area contributed by atoms with Crippen molar-refractivity contribution in [3.8, 4) is 0 Å². The zero-order valence-electron chi connectivity index (χ0n) is 18.2. The first-order valence-electron chi connectivity index (χ1n) is 10.5. The second kappa shape index (κ2) is 8.26. The zero-order chi connectivity index (χ0) is 21.3. The van der Waals surface area contributed by atoms with Gasteiger partial charge in [0.05, 0.1) is 14.2 Å². The Morgan fingerprint density at radius 3 is 2.83 bits per heavy atom. The van der Waals surface area contributed by atoms with E-state index in [9.17, 15) is 4.79 Å². The van der Waals surface area contributed by atoms with Gasteiger partial charge in [-0.25, -0.2) is 9.78 Å². The fourth-order valence-corrected chi connectivity index (χ4v) is 5.19. The Bertz CT molecular complexity index is 933. The molecular weight excluding hydrogens is 380 g/mol. The molecule has 0 radical (unpaired) electrons. The molecule has 0 spiro atoms. The van der Waals surface area contributed by atoms with Gasteiger partial charge < -0.3 is 19.1 Å². The minimum absolute atomic E-state index is 0.0502. The van der Waals surface area contributed by atoms with Gasteiger partial charge in [-0.2, -0.15) is 0 Å². The lowest BCUT2D eigenvalue weighted by atomic mass is 9.65. The molecule has 160 valence electrons. The normalized spacial score (nSPS) is 26.6. The van der Waals surface area contributed by atoms with E-state index in [1.165, 1.54) is 5.57 Å². The molecule has 3 aliphatic rings. The van der Waals surface area contributed by atoms with Gasteiger partial charge in [0.15, 0.2) is 11.5 Å². The number of hydrogen-bond acceptors (Lipinski definition) is 6. The van der Waals surface area contributed by atoms with Crippen LogP contribution in [0.15, 0.2) is 53.3 Å². The van der Waals surface area contributed by atoms with Crippen LogP contribution in [0, 0.1) is 12.3 Å². The number of pyridine rings is 1. The van der Waals surface area contributed by atoms with E-state index >= 15 is 0 Å². The predicted molar refractivity (Wildman–Crippen MR) is 114 cm³/mol. The number of likely N-dealkylation sites (tertiary alicyclic amines) is 1. The molecule has 0 N–H and O–H groups in total. The molecule has 0 aromatic carbocycles. The molecular formula is C24H30N2O4. The number of rotatable bonds is 5. The Balaban J connectivity index is 1.59. The average Bonchev–Trinajstić information content (AvgIpc) is 3.10. The van der Waals surface area contributed by atoms with Crippen LogP contribution in [0.4, 0.5) is 0 Å². The molecule has 2 atom stereocenters. The number of esters is 1. The van der Waals surface area contributed by atoms with Gasteiger partial charge in [0.1, 0.15) is 11.5 Å². The first-order valence-corrected chi connectivity index (χ1v) is 10.5. The summed E-state index contributed by atoms with van der Waals surface area (Å²) in [6.07, 6.45) is 10.4. The maximum absolute atomic E-state index is 12.7. The average molecular weight is 411 g/mol. The van der Waals surface area contributed by atoms with Crippen molar-refractivity contribution in [1.29, 1.82) is 0 Å². The number of aromatic nitrogens is 1. The van der Waals surface area contributed by atoms with Crippen molar-refractivity contribution >= 4 is 5.97 Å². The molecule has 6 nitrogen and oxygen atoms in total. The van der Waals surface area contributed by atoms with Crippen molar-refractivity contribution < 1.29 is 19.0 Å². The molecule has 1 aromatic rings. The minimum atomic E-state index is -0.376. The van der Waals surface area contributed by atoms with Gasteiger partial charge in [0, 0.05) is 30.5 Å². The Hall–Kier alpha value is -2.60. The van der Waals surface area contributed by atoms with Crippen LogP contribution in [-0.4, -0.2) is 49.7 Å². The number of carbonyl (C=O) groups is 1. The fraction of sp³-hybridized carbons (Fsp3) is 0.500. The summed E-state index contributed by atoms with van der Waals surface area (Å²) in [6.45, 7) is 2.90. The van der Waals surface area contributed by atoms with E-state index in [-0.39, 0.29) is 11.4 Å². The monoisotopic (exact) mass is 410 g/mol. The van der Waals surface area contributed by atoms with Crippen LogP contribution in [-0.2, 0) is 14.2 Å². The lowest BCUT2D eigenvalue weighted by molar-refractivity contribution is 0.0560. The quantitative estimate of drug-likeness (QED) is 0.680. The summed E-state index contributed by atoms with van der Waals surface area (Å²) in [5, 5.41) is 0. The molecule has 0 unspecified atom stereocenters. The van der Waals surface area contributed by atoms with Crippen molar-refractivity contribution in [1.82, 2.24) is 9.88 Å². The van der Waals surface area contributed by atoms with Crippen LogP contribution in [0.25, 0.3) is 0 Å². The van der Waals surface area contributed by atoms with Gasteiger partial charge >= 0.3 is 5.97 Å².